The summed E-state index contributed by atoms with van der Waals surface area (Å²) in [4.78, 5) is 102. The molecule has 0 bridgehead atoms. The van der Waals surface area contributed by atoms with E-state index in [1.165, 1.54) is 141 Å². The number of aliphatic hydroxyl groups excluding tert-OH is 2. The highest BCUT2D eigenvalue weighted by molar-refractivity contribution is 5.87. The van der Waals surface area contributed by atoms with Gasteiger partial charge in [0.25, 0.3) is 6.47 Å². The van der Waals surface area contributed by atoms with E-state index in [-0.39, 0.29) is 32.2 Å². The van der Waals surface area contributed by atoms with E-state index < -0.39 is 111 Å². The van der Waals surface area contributed by atoms with E-state index in [1.807, 2.05) is 0 Å². The van der Waals surface area contributed by atoms with Crippen LogP contribution in [0.15, 0.2) is 0 Å². The highest BCUT2D eigenvalue weighted by Crippen LogP contribution is 2.17. The summed E-state index contributed by atoms with van der Waals surface area (Å²) in [5.74, 6) is -7.74. The van der Waals surface area contributed by atoms with Gasteiger partial charge in [-0.05, 0) is 12.8 Å². The minimum atomic E-state index is -2.64. The quantitative estimate of drug-likeness (QED) is 0.0165. The largest absolute Gasteiger partial charge is 0.479 e. The second-order valence-electron chi connectivity index (χ2n) is 19.6. The summed E-state index contributed by atoms with van der Waals surface area (Å²) < 4.78 is 33.1. The van der Waals surface area contributed by atoms with E-state index in [0.717, 1.165) is 45.4 Å². The molecule has 0 saturated heterocycles. The van der Waals surface area contributed by atoms with Gasteiger partial charge < -0.3 is 63.5 Å². The van der Waals surface area contributed by atoms with Crippen LogP contribution in [0.25, 0.3) is 0 Å². The lowest BCUT2D eigenvalue weighted by Crippen LogP contribution is -2.46. The van der Waals surface area contributed by atoms with E-state index >= 15 is 0 Å². The molecule has 0 aliphatic carbocycles. The van der Waals surface area contributed by atoms with Crippen LogP contribution in [-0.4, -0.2) is 150 Å². The van der Waals surface area contributed by atoms with Crippen molar-refractivity contribution in [1.82, 2.24) is 0 Å². The molecule has 5 atom stereocenters. The first kappa shape index (κ1) is 74.3. The fourth-order valence-corrected chi connectivity index (χ4v) is 7.84. The van der Waals surface area contributed by atoms with Gasteiger partial charge in [0.15, 0.2) is 0 Å². The van der Waals surface area contributed by atoms with Crippen LogP contribution in [-0.2, 0) is 76.3 Å². The number of aldehydes is 1. The summed E-state index contributed by atoms with van der Waals surface area (Å²) in [5, 5.41) is 47.8. The zero-order chi connectivity index (χ0) is 57.8. The van der Waals surface area contributed by atoms with Crippen LogP contribution in [0.5, 0.6) is 0 Å². The molecule has 0 amide bonds. The summed E-state index contributed by atoms with van der Waals surface area (Å²) >= 11 is 0. The molecule has 21 nitrogen and oxygen atoms in total. The van der Waals surface area contributed by atoms with Gasteiger partial charge in [-0.3, -0.25) is 24.0 Å². The first-order chi connectivity index (χ1) is 37.0. The van der Waals surface area contributed by atoms with Crippen LogP contribution in [0.3, 0.4) is 0 Å². The molecule has 0 aromatic rings. The molecule has 0 saturated carbocycles. The second kappa shape index (κ2) is 52.0. The Balaban J connectivity index is 0. The molecule has 0 aromatic heterocycles. The van der Waals surface area contributed by atoms with Crippen molar-refractivity contribution in [2.24, 2.45) is 0 Å². The number of hydrogen-bond acceptors (Lipinski definition) is 19. The molecule has 77 heavy (non-hydrogen) atoms. The minimum Gasteiger partial charge on any atom is -0.479 e. The average molecular weight is 1110 g/mol. The molecule has 0 aliphatic heterocycles. The zero-order valence-electron chi connectivity index (χ0n) is 46.8. The van der Waals surface area contributed by atoms with Crippen LogP contribution < -0.4 is 0 Å². The van der Waals surface area contributed by atoms with Gasteiger partial charge in [0, 0.05) is 19.8 Å². The number of rotatable bonds is 53. The Hall–Kier alpha value is -4.73. The van der Waals surface area contributed by atoms with Crippen molar-refractivity contribution >= 4 is 54.5 Å². The molecule has 0 aliphatic rings. The monoisotopic (exact) mass is 1110 g/mol. The van der Waals surface area contributed by atoms with Gasteiger partial charge in [-0.25, -0.2) is 14.4 Å². The van der Waals surface area contributed by atoms with Crippen molar-refractivity contribution in [3.63, 3.8) is 0 Å². The Morgan fingerprint density at radius 2 is 0.818 bits per heavy atom. The van der Waals surface area contributed by atoms with Gasteiger partial charge in [0.1, 0.15) is 58.1 Å². The van der Waals surface area contributed by atoms with Crippen LogP contribution in [0.2, 0.25) is 0 Å². The molecular weight excluding hydrogens is 1010 g/mol. The van der Waals surface area contributed by atoms with Crippen molar-refractivity contribution in [3.8, 4) is 0 Å². The molecular formula is C56H98O21. The molecule has 21 heteroatoms. The first-order valence-electron chi connectivity index (χ1n) is 28.4. The van der Waals surface area contributed by atoms with Gasteiger partial charge in [0.2, 0.25) is 17.8 Å². The Labute approximate surface area is 457 Å². The van der Waals surface area contributed by atoms with Crippen molar-refractivity contribution in [2.75, 3.05) is 39.6 Å². The number of aliphatic hydroxyl groups is 3. The molecule has 448 valence electrons. The Morgan fingerprint density at radius 3 is 1.13 bits per heavy atom. The standard InChI is InChI=1S/C29H50O11.C27H48O10/c1-3-4-5-6-7-8-9-10-11-12-13-14-15-16-17-18-25(33)38-21-24(32)22-39-29(36)27(40-23(2)31)26(28(34)35)37-20-19-30;1-2-3-4-5-6-7-8-9-10-11-12-13-14-15-16-17-24(30)36-19-23(29)20-37-25(31)18-27(34,26(32)33)21-35-22-28/h19,24,26-27,32H,3-18,20-22H2,1-2H3,(H,34,35);22-23,29,34H,2-21H2,1H3,(H,32,33). The fraction of sp³-hybridized carbons (Fsp3) is 0.839. The number of carbonyl (C=O) groups excluding carboxylic acids is 7. The highest BCUT2D eigenvalue weighted by atomic mass is 16.6. The maximum Gasteiger partial charge on any atom is 0.351 e. The maximum atomic E-state index is 12.2. The van der Waals surface area contributed by atoms with E-state index in [9.17, 15) is 63.6 Å². The number of unbranched alkanes of at least 4 members (excludes halogenated alkanes) is 28. The van der Waals surface area contributed by atoms with Crippen molar-refractivity contribution in [1.29, 1.82) is 0 Å². The maximum absolute atomic E-state index is 12.2. The molecule has 0 rings (SSSR count). The van der Waals surface area contributed by atoms with Crippen LogP contribution in [0.1, 0.15) is 233 Å². The van der Waals surface area contributed by atoms with Gasteiger partial charge in [-0.15, -0.1) is 0 Å². The predicted molar refractivity (Wildman–Crippen MR) is 283 cm³/mol. The fourth-order valence-electron chi connectivity index (χ4n) is 7.84. The summed E-state index contributed by atoms with van der Waals surface area (Å²) in [6.07, 6.45) is 29.9. The summed E-state index contributed by atoms with van der Waals surface area (Å²) in [5.41, 5.74) is -2.64. The average Bonchev–Trinajstić information content (AvgIpc) is 3.39. The van der Waals surface area contributed by atoms with Crippen LogP contribution >= 0.6 is 0 Å². The Bertz CT molecular complexity index is 1560. The first-order valence-corrected chi connectivity index (χ1v) is 28.4. The van der Waals surface area contributed by atoms with Crippen molar-refractivity contribution in [3.05, 3.63) is 0 Å². The molecule has 0 spiro atoms. The van der Waals surface area contributed by atoms with Gasteiger partial charge in [-0.2, -0.15) is 0 Å². The SMILES string of the molecule is CCCCCCCCCCCCCCCCCC(=O)OCC(O)COC(=O)C(OC(C)=O)C(OCC=O)C(=O)O.CCCCCCCCCCCCCCCCCC(=O)OCC(O)COC(=O)CC(O)(COC=O)C(=O)O. The van der Waals surface area contributed by atoms with Gasteiger partial charge in [-0.1, -0.05) is 194 Å². The summed E-state index contributed by atoms with van der Waals surface area (Å²) in [6, 6.07) is 0. The molecule has 0 radical (unpaired) electrons. The number of carbonyl (C=O) groups is 9. The smallest absolute Gasteiger partial charge is 0.351 e. The number of carboxylic acids is 2. The summed E-state index contributed by atoms with van der Waals surface area (Å²) in [6.45, 7) is 1.81. The van der Waals surface area contributed by atoms with E-state index in [4.69, 9.17) is 28.8 Å². The summed E-state index contributed by atoms with van der Waals surface area (Å²) in [7, 11) is 0. The van der Waals surface area contributed by atoms with E-state index in [0.29, 0.717) is 12.8 Å². The van der Waals surface area contributed by atoms with E-state index in [1.54, 1.807) is 0 Å². The third kappa shape index (κ3) is 47.0. The van der Waals surface area contributed by atoms with Crippen molar-refractivity contribution in [2.45, 2.75) is 263 Å². The third-order valence-electron chi connectivity index (χ3n) is 12.3. The molecule has 5 unspecified atom stereocenters. The van der Waals surface area contributed by atoms with Gasteiger partial charge in [0.05, 0.1) is 6.42 Å². The number of carboxylic acid groups (broad SMARTS) is 2. The number of ether oxygens (including phenoxy) is 7. The Kier molecular flexibility index (Phi) is 50.2. The lowest BCUT2D eigenvalue weighted by molar-refractivity contribution is -0.186. The van der Waals surface area contributed by atoms with E-state index in [2.05, 4.69) is 23.3 Å². The minimum absolute atomic E-state index is 0.0588. The van der Waals surface area contributed by atoms with Crippen molar-refractivity contribution < 1.29 is 102 Å². The normalized spacial score (nSPS) is 13.3. The lowest BCUT2D eigenvalue weighted by Gasteiger charge is -2.22. The molecule has 0 aromatic carbocycles. The highest BCUT2D eigenvalue weighted by Gasteiger charge is 2.41. The lowest BCUT2D eigenvalue weighted by atomic mass is 10.0. The molecule has 0 fully saturated rings. The van der Waals surface area contributed by atoms with Crippen LogP contribution in [0.4, 0.5) is 0 Å². The number of esters is 5. The Morgan fingerprint density at radius 1 is 0.481 bits per heavy atom. The second-order valence-corrected chi connectivity index (χ2v) is 19.6. The predicted octanol–water partition coefficient (Wildman–Crippen LogP) is 8.37. The zero-order valence-corrected chi connectivity index (χ0v) is 46.8. The number of hydrogen-bond donors (Lipinski definition) is 5. The number of aliphatic carboxylic acids is 2. The molecule has 0 heterocycles. The van der Waals surface area contributed by atoms with Crippen LogP contribution in [0, 0.1) is 0 Å². The van der Waals surface area contributed by atoms with Gasteiger partial charge >= 0.3 is 41.8 Å². The third-order valence-corrected chi connectivity index (χ3v) is 12.3. The topological polar surface area (TPSA) is 319 Å². The molecule has 5 N–H and O–H groups in total.